The molecule has 2 unspecified atom stereocenters. The van der Waals surface area contributed by atoms with Gasteiger partial charge in [-0.05, 0) is 31.2 Å². The fraction of sp³-hybridized carbons (Fsp3) is 0.500. The van der Waals surface area contributed by atoms with E-state index in [1.54, 1.807) is 4.90 Å². The highest BCUT2D eigenvalue weighted by Gasteiger charge is 2.49. The molecular formula is C16H19N3O2. The van der Waals surface area contributed by atoms with Crippen molar-refractivity contribution >= 4 is 6.09 Å². The lowest BCUT2D eigenvalue weighted by atomic mass is 9.85. The normalized spacial score (nSPS) is 30.8. The van der Waals surface area contributed by atoms with E-state index in [1.165, 1.54) is 0 Å². The fourth-order valence-electron chi connectivity index (χ4n) is 3.47. The van der Waals surface area contributed by atoms with E-state index in [2.05, 4.69) is 6.07 Å². The zero-order valence-electron chi connectivity index (χ0n) is 11.9. The largest absolute Gasteiger partial charge is 0.445 e. The first-order valence-corrected chi connectivity index (χ1v) is 7.30. The first-order valence-electron chi connectivity index (χ1n) is 7.30. The fourth-order valence-corrected chi connectivity index (χ4v) is 3.47. The van der Waals surface area contributed by atoms with Crippen LogP contribution < -0.4 is 5.73 Å². The van der Waals surface area contributed by atoms with Crippen LogP contribution in [0.3, 0.4) is 0 Å². The van der Waals surface area contributed by atoms with Crippen molar-refractivity contribution in [1.82, 2.24) is 4.90 Å². The van der Waals surface area contributed by atoms with Crippen molar-refractivity contribution < 1.29 is 9.53 Å². The zero-order chi connectivity index (χ0) is 14.9. The molecule has 2 saturated heterocycles. The lowest BCUT2D eigenvalue weighted by Gasteiger charge is -2.40. The van der Waals surface area contributed by atoms with Gasteiger partial charge in [-0.1, -0.05) is 30.3 Å². The average molecular weight is 285 g/mol. The summed E-state index contributed by atoms with van der Waals surface area (Å²) in [4.78, 5) is 14.1. The van der Waals surface area contributed by atoms with E-state index in [0.29, 0.717) is 12.8 Å². The van der Waals surface area contributed by atoms with E-state index >= 15 is 0 Å². The SMILES string of the molecule is N#CC1(N)CC2CCC(C1)N2C(=O)OCc1ccccc1. The van der Waals surface area contributed by atoms with Crippen molar-refractivity contribution in [3.05, 3.63) is 35.9 Å². The van der Waals surface area contributed by atoms with Crippen molar-refractivity contribution in [2.45, 2.75) is 49.9 Å². The van der Waals surface area contributed by atoms with Crippen molar-refractivity contribution in [2.75, 3.05) is 0 Å². The van der Waals surface area contributed by atoms with Crippen LogP contribution in [0.25, 0.3) is 0 Å². The minimum atomic E-state index is -0.790. The molecule has 1 aromatic rings. The monoisotopic (exact) mass is 285 g/mol. The molecule has 0 aliphatic carbocycles. The summed E-state index contributed by atoms with van der Waals surface area (Å²) < 4.78 is 5.41. The second-order valence-electron chi connectivity index (χ2n) is 6.01. The third-order valence-electron chi connectivity index (χ3n) is 4.46. The summed E-state index contributed by atoms with van der Waals surface area (Å²) >= 11 is 0. The van der Waals surface area contributed by atoms with E-state index < -0.39 is 5.54 Å². The van der Waals surface area contributed by atoms with E-state index in [9.17, 15) is 10.1 Å². The first kappa shape index (κ1) is 13.9. The second-order valence-corrected chi connectivity index (χ2v) is 6.01. The van der Waals surface area contributed by atoms with Crippen molar-refractivity contribution in [2.24, 2.45) is 5.73 Å². The number of ether oxygens (including phenoxy) is 1. The number of nitriles is 1. The van der Waals surface area contributed by atoms with Crippen LogP contribution in [0, 0.1) is 11.3 Å². The van der Waals surface area contributed by atoms with Crippen LogP contribution in [0.4, 0.5) is 4.79 Å². The highest BCUT2D eigenvalue weighted by atomic mass is 16.6. The number of carbonyl (C=O) groups is 1. The van der Waals surface area contributed by atoms with Crippen molar-refractivity contribution in [1.29, 1.82) is 5.26 Å². The maximum atomic E-state index is 12.3. The Kier molecular flexibility index (Phi) is 3.56. The smallest absolute Gasteiger partial charge is 0.410 e. The Bertz CT molecular complexity index is 553. The quantitative estimate of drug-likeness (QED) is 0.903. The van der Waals surface area contributed by atoms with Gasteiger partial charge in [-0.2, -0.15) is 5.26 Å². The number of nitrogens with zero attached hydrogens (tertiary/aromatic N) is 2. The number of benzene rings is 1. The Morgan fingerprint density at radius 3 is 2.52 bits per heavy atom. The summed E-state index contributed by atoms with van der Waals surface area (Å²) in [5.41, 5.74) is 6.25. The average Bonchev–Trinajstić information content (AvgIpc) is 2.79. The van der Waals surface area contributed by atoms with Crippen LogP contribution in [0.15, 0.2) is 30.3 Å². The Labute approximate surface area is 124 Å². The number of piperidine rings is 1. The third-order valence-corrected chi connectivity index (χ3v) is 4.46. The molecule has 2 N–H and O–H groups in total. The molecule has 5 nitrogen and oxygen atoms in total. The Hall–Kier alpha value is -2.06. The summed E-state index contributed by atoms with van der Waals surface area (Å²) in [6.07, 6.45) is 2.62. The van der Waals surface area contributed by atoms with E-state index in [1.807, 2.05) is 30.3 Å². The molecule has 2 bridgehead atoms. The van der Waals surface area contributed by atoms with Gasteiger partial charge < -0.3 is 15.4 Å². The number of fused-ring (bicyclic) bond motifs is 2. The van der Waals surface area contributed by atoms with Gasteiger partial charge in [0.2, 0.25) is 0 Å². The standard InChI is InChI=1S/C16H19N3O2/c17-11-16(18)8-13-6-7-14(9-16)19(13)15(20)21-10-12-4-2-1-3-5-12/h1-5,13-14H,6-10,18H2. The van der Waals surface area contributed by atoms with E-state index in [0.717, 1.165) is 18.4 Å². The van der Waals surface area contributed by atoms with Crippen LogP contribution in [0.5, 0.6) is 0 Å². The van der Waals surface area contributed by atoms with Gasteiger partial charge in [0.1, 0.15) is 12.1 Å². The number of rotatable bonds is 2. The van der Waals surface area contributed by atoms with Gasteiger partial charge >= 0.3 is 6.09 Å². The van der Waals surface area contributed by atoms with Crippen LogP contribution in [-0.2, 0) is 11.3 Å². The van der Waals surface area contributed by atoms with Crippen LogP contribution in [0.1, 0.15) is 31.2 Å². The number of carbonyl (C=O) groups excluding carboxylic acids is 1. The van der Waals surface area contributed by atoms with E-state index in [4.69, 9.17) is 10.5 Å². The third kappa shape index (κ3) is 2.72. The predicted octanol–water partition coefficient (Wildman–Crippen LogP) is 2.17. The maximum Gasteiger partial charge on any atom is 0.410 e. The topological polar surface area (TPSA) is 79.4 Å². The summed E-state index contributed by atoms with van der Waals surface area (Å²) in [7, 11) is 0. The molecule has 2 heterocycles. The first-order chi connectivity index (χ1) is 10.1. The molecule has 0 spiro atoms. The molecule has 2 aliphatic heterocycles. The molecule has 0 saturated carbocycles. The predicted molar refractivity (Wildman–Crippen MR) is 77.0 cm³/mol. The van der Waals surface area contributed by atoms with Crippen molar-refractivity contribution in [3.63, 3.8) is 0 Å². The number of hydrogen-bond acceptors (Lipinski definition) is 4. The molecule has 2 atom stereocenters. The van der Waals surface area contributed by atoms with Gasteiger partial charge in [0.05, 0.1) is 6.07 Å². The summed E-state index contributed by atoms with van der Waals surface area (Å²) in [5, 5.41) is 9.18. The van der Waals surface area contributed by atoms with Gasteiger partial charge in [-0.25, -0.2) is 4.79 Å². The maximum absolute atomic E-state index is 12.3. The second kappa shape index (κ2) is 5.38. The summed E-state index contributed by atoms with van der Waals surface area (Å²) in [5.74, 6) is 0. The molecular weight excluding hydrogens is 266 g/mol. The van der Waals surface area contributed by atoms with Crippen molar-refractivity contribution in [3.8, 4) is 6.07 Å². The molecule has 3 rings (SSSR count). The van der Waals surface area contributed by atoms with Gasteiger partial charge in [-0.3, -0.25) is 0 Å². The molecule has 110 valence electrons. The molecule has 0 aromatic heterocycles. The Morgan fingerprint density at radius 2 is 1.95 bits per heavy atom. The zero-order valence-corrected chi connectivity index (χ0v) is 11.9. The molecule has 2 aliphatic rings. The molecule has 21 heavy (non-hydrogen) atoms. The van der Waals surface area contributed by atoms with Gasteiger partial charge in [0.15, 0.2) is 0 Å². The van der Waals surface area contributed by atoms with Gasteiger partial charge in [0.25, 0.3) is 0 Å². The lowest BCUT2D eigenvalue weighted by molar-refractivity contribution is 0.0547. The molecule has 0 radical (unpaired) electrons. The van der Waals surface area contributed by atoms with Gasteiger partial charge in [0, 0.05) is 12.1 Å². The van der Waals surface area contributed by atoms with Crippen LogP contribution in [-0.4, -0.2) is 28.6 Å². The molecule has 5 heteroatoms. The lowest BCUT2D eigenvalue weighted by Crippen LogP contribution is -2.56. The Morgan fingerprint density at radius 1 is 1.33 bits per heavy atom. The summed E-state index contributed by atoms with van der Waals surface area (Å²) in [6.45, 7) is 0.279. The van der Waals surface area contributed by atoms with E-state index in [-0.39, 0.29) is 24.8 Å². The minimum absolute atomic E-state index is 0.0386. The highest BCUT2D eigenvalue weighted by Crippen LogP contribution is 2.39. The molecule has 1 amide bonds. The number of hydrogen-bond donors (Lipinski definition) is 1. The molecule has 1 aromatic carbocycles. The number of amides is 1. The Balaban J connectivity index is 1.63. The molecule has 2 fully saturated rings. The highest BCUT2D eigenvalue weighted by molar-refractivity contribution is 5.69. The minimum Gasteiger partial charge on any atom is -0.445 e. The van der Waals surface area contributed by atoms with Gasteiger partial charge in [-0.15, -0.1) is 0 Å². The summed E-state index contributed by atoms with van der Waals surface area (Å²) in [6, 6.07) is 11.9. The van der Waals surface area contributed by atoms with Crippen LogP contribution in [0.2, 0.25) is 0 Å². The number of nitrogens with two attached hydrogens (primary N) is 1. The van der Waals surface area contributed by atoms with Crippen LogP contribution >= 0.6 is 0 Å².